The standard InChI is InChI=1S/C8H8ClO.C5H5.Fe/c9-6-5-8(10)7-3-1-2-4-7;1-2-4-5-3-1;/h1-4H,5-6H2;1-5H;. The van der Waals surface area contributed by atoms with E-state index in [4.69, 9.17) is 11.6 Å². The molecule has 0 aromatic carbocycles. The van der Waals surface area contributed by atoms with E-state index < -0.39 is 6.51 Å². The molecule has 1 nitrogen and oxygen atoms in total. The van der Waals surface area contributed by atoms with Crippen LogP contribution in [0, 0.1) is 0 Å². The molecular formula is C13H13ClFeO. The van der Waals surface area contributed by atoms with E-state index in [1.807, 2.05) is 0 Å². The molecule has 0 radical (unpaired) electrons. The van der Waals surface area contributed by atoms with Crippen molar-refractivity contribution in [1.82, 2.24) is 0 Å². The van der Waals surface area contributed by atoms with Crippen LogP contribution in [0.1, 0.15) is 6.42 Å². The van der Waals surface area contributed by atoms with Crippen LogP contribution in [0.25, 0.3) is 0 Å². The van der Waals surface area contributed by atoms with Gasteiger partial charge in [-0.05, 0) is 0 Å². The van der Waals surface area contributed by atoms with Crippen LogP contribution in [-0.4, -0.2) is 11.7 Å². The van der Waals surface area contributed by atoms with Gasteiger partial charge in [0, 0.05) is 0 Å². The third-order valence-electron chi connectivity index (χ3n) is 15.4. The predicted molar refractivity (Wildman–Crippen MR) is 56.8 cm³/mol. The Balaban J connectivity index is 1.63. The molecule has 86 valence electrons. The Hall–Kier alpha value is 0.479. The summed E-state index contributed by atoms with van der Waals surface area (Å²) >= 11 is 5.86. The normalized spacial score (nSPS) is 126. The summed E-state index contributed by atoms with van der Waals surface area (Å²) in [6.45, 7) is -3.06. The number of carbonyl (C=O) groups excluding carboxylic acids is 1. The number of halogens is 1. The Morgan fingerprint density at radius 2 is 1.50 bits per heavy atom. The van der Waals surface area contributed by atoms with Gasteiger partial charge in [0.2, 0.25) is 0 Å². The second-order valence-electron chi connectivity index (χ2n) is 10.5. The second kappa shape index (κ2) is 0.466. The topological polar surface area (TPSA) is 17.1 Å². The van der Waals surface area contributed by atoms with Crippen molar-refractivity contribution in [3.8, 4) is 0 Å². The van der Waals surface area contributed by atoms with Gasteiger partial charge in [-0.15, -0.1) is 0 Å². The number of fused-ring (bicyclic) bond motifs is 10. The van der Waals surface area contributed by atoms with E-state index >= 15 is 0 Å². The van der Waals surface area contributed by atoms with Crippen molar-refractivity contribution in [3.63, 3.8) is 0 Å². The van der Waals surface area contributed by atoms with Gasteiger partial charge in [0.1, 0.15) is 0 Å². The van der Waals surface area contributed by atoms with Gasteiger partial charge in [0.05, 0.1) is 0 Å². The molecule has 0 saturated carbocycles. The first-order chi connectivity index (χ1) is 7.53. The van der Waals surface area contributed by atoms with Gasteiger partial charge in [0.15, 0.2) is 0 Å². The van der Waals surface area contributed by atoms with Crippen molar-refractivity contribution < 1.29 is 11.3 Å². The fourth-order valence-corrected chi connectivity index (χ4v) is 91.5. The van der Waals surface area contributed by atoms with Crippen molar-refractivity contribution >= 4 is 17.4 Å². The van der Waals surface area contributed by atoms with E-state index in [0.29, 0.717) is 16.0 Å². The van der Waals surface area contributed by atoms with Gasteiger partial charge in [0.25, 0.3) is 0 Å². The fourth-order valence-electron chi connectivity index (χ4n) is 17.2. The van der Waals surface area contributed by atoms with Gasteiger partial charge in [-0.3, -0.25) is 0 Å². The zero-order valence-electron chi connectivity index (χ0n) is 8.75. The van der Waals surface area contributed by atoms with Gasteiger partial charge in [-0.2, -0.15) is 0 Å². The second-order valence-corrected chi connectivity index (χ2v) is 34.5. The van der Waals surface area contributed by atoms with E-state index in [2.05, 4.69) is 0 Å². The molecule has 10 aliphatic heterocycles. The Morgan fingerprint density at radius 3 is 1.75 bits per heavy atom. The van der Waals surface area contributed by atoms with Gasteiger partial charge in [-0.25, -0.2) is 0 Å². The summed E-state index contributed by atoms with van der Waals surface area (Å²) < 4.78 is 0.480. The number of alkyl halides is 1. The van der Waals surface area contributed by atoms with Crippen LogP contribution in [0.4, 0.5) is 0 Å². The predicted octanol–water partition coefficient (Wildman–Crippen LogP) is 3.94. The number of carbonyl (C=O) groups is 1. The molecule has 4 unspecified atom stereocenters. The molecule has 0 aliphatic carbocycles. The monoisotopic (exact) mass is 276 g/mol. The molecular weight excluding hydrogens is 263 g/mol. The molecule has 10 rings (SSSR count). The van der Waals surface area contributed by atoms with Crippen LogP contribution in [0.15, 0.2) is 0 Å². The minimum absolute atomic E-state index is 0.480. The van der Waals surface area contributed by atoms with Crippen LogP contribution in [0.5, 0.6) is 0 Å². The summed E-state index contributed by atoms with van der Waals surface area (Å²) in [5.41, 5.74) is 0. The summed E-state index contributed by atoms with van der Waals surface area (Å²) in [6.07, 6.45) is 0.727. The Bertz CT molecular complexity index is 881. The molecule has 10 aliphatic rings. The molecule has 10 fully saturated rings. The summed E-state index contributed by atoms with van der Waals surface area (Å²) in [7, 11) is 0. The number of ketones is 1. The minimum atomic E-state index is -3.06. The first-order valence-electron chi connectivity index (χ1n) is 6.83. The van der Waals surface area contributed by atoms with Crippen LogP contribution in [-0.2, 0) is 11.3 Å². The van der Waals surface area contributed by atoms with Gasteiger partial charge < -0.3 is 0 Å². The quantitative estimate of drug-likeness (QED) is 0.563. The first kappa shape index (κ1) is 6.08. The number of rotatable bonds is 3. The van der Waals surface area contributed by atoms with E-state index in [0.717, 1.165) is 16.1 Å². The Kier molecular flexibility index (Phi) is 0.177. The van der Waals surface area contributed by atoms with Gasteiger partial charge in [-0.1, -0.05) is 0 Å². The van der Waals surface area contributed by atoms with E-state index in [1.54, 1.807) is 0 Å². The molecule has 3 heteroatoms. The van der Waals surface area contributed by atoms with Crippen LogP contribution in [0.2, 0.25) is 47.7 Å². The van der Waals surface area contributed by atoms with Crippen molar-refractivity contribution in [3.05, 3.63) is 0 Å². The third-order valence-corrected chi connectivity index (χ3v) is 58.0. The molecule has 10 saturated heterocycles. The van der Waals surface area contributed by atoms with Crippen molar-refractivity contribution in [2.75, 3.05) is 5.88 Å². The zero-order valence-corrected chi connectivity index (χ0v) is 10.6. The molecule has 10 heterocycles. The van der Waals surface area contributed by atoms with Crippen molar-refractivity contribution in [1.29, 1.82) is 0 Å². The average Bonchev–Trinajstić information content (AvgIpc) is 3.23. The molecule has 0 bridgehead atoms. The summed E-state index contributed by atoms with van der Waals surface area (Å²) in [6, 6.07) is 0. The number of Topliss-reactive ketones (excluding diaryl/α,β-unsaturated/α-hetero) is 1. The maximum absolute atomic E-state index is 12.8. The molecule has 16 heavy (non-hydrogen) atoms. The zero-order chi connectivity index (χ0) is 10.0. The molecule has 0 aromatic heterocycles. The Morgan fingerprint density at radius 1 is 1.00 bits per heavy atom. The molecule has 0 amide bonds. The maximum atomic E-state index is 12.8. The third kappa shape index (κ3) is 0.0532. The number of hydrogen-bond acceptors (Lipinski definition) is 1. The SMILES string of the molecule is O=C(CCCl)[C]12[CH]3[CH]4[CH]5[CH]1[Fe]45321678[CH]2[CH]1[CH]6[CH]7[CH]28. The summed E-state index contributed by atoms with van der Waals surface area (Å²) in [5, 5.41) is 0. The van der Waals surface area contributed by atoms with Crippen LogP contribution in [0.3, 0.4) is 0 Å². The molecule has 4 atom stereocenters. The van der Waals surface area contributed by atoms with Crippen molar-refractivity contribution in [2.24, 2.45) is 0 Å². The fraction of sp³-hybridized carbons (Fsp3) is 0.923. The molecule has 0 aromatic rings. The summed E-state index contributed by atoms with van der Waals surface area (Å²) in [4.78, 5) is 24.0. The summed E-state index contributed by atoms with van der Waals surface area (Å²) in [5.74, 6) is 1.31. The molecule has 0 N–H and O–H groups in total. The van der Waals surface area contributed by atoms with E-state index in [-0.39, 0.29) is 0 Å². The number of hydrogen-bond donors (Lipinski definition) is 0. The van der Waals surface area contributed by atoms with Crippen molar-refractivity contribution in [2.45, 2.75) is 54.1 Å². The van der Waals surface area contributed by atoms with Crippen LogP contribution >= 0.6 is 11.6 Å². The van der Waals surface area contributed by atoms with E-state index in [9.17, 15) is 4.79 Å². The Labute approximate surface area is 88.6 Å². The van der Waals surface area contributed by atoms with E-state index in [1.165, 1.54) is 33.7 Å². The average molecular weight is 277 g/mol. The van der Waals surface area contributed by atoms with Gasteiger partial charge >= 0.3 is 88.6 Å². The molecule has 1 spiro atoms. The van der Waals surface area contributed by atoms with Crippen LogP contribution < -0.4 is 0 Å². The first-order valence-corrected chi connectivity index (χ1v) is 13.7.